The van der Waals surface area contributed by atoms with E-state index < -0.39 is 0 Å². The molecule has 0 aliphatic heterocycles. The van der Waals surface area contributed by atoms with Crippen molar-refractivity contribution in [1.29, 1.82) is 0 Å². The number of aliphatic hydroxyl groups is 2. The lowest BCUT2D eigenvalue weighted by Crippen LogP contribution is -2.22. The first-order valence-corrected chi connectivity index (χ1v) is 32.0. The van der Waals surface area contributed by atoms with E-state index >= 15 is 0 Å². The summed E-state index contributed by atoms with van der Waals surface area (Å²) < 4.78 is 23.7. The first kappa shape index (κ1) is 75.0. The fourth-order valence-corrected chi connectivity index (χ4v) is 12.9. The molecule has 0 heterocycles. The van der Waals surface area contributed by atoms with Crippen molar-refractivity contribution in [3.63, 3.8) is 0 Å². The molecule has 0 amide bonds. The molecule has 5 aliphatic rings. The summed E-state index contributed by atoms with van der Waals surface area (Å²) in [6.07, 6.45) is 33.8. The number of unbranched alkanes of at least 4 members (excludes halogenated alkanes) is 8. The molecule has 81 heavy (non-hydrogen) atoms. The molecule has 12 atom stereocenters. The van der Waals surface area contributed by atoms with E-state index in [9.17, 15) is 48.6 Å². The Morgan fingerprint density at radius 1 is 0.407 bits per heavy atom. The molecule has 0 spiro atoms. The lowest BCUT2D eigenvalue weighted by atomic mass is 9.87. The van der Waals surface area contributed by atoms with Crippen LogP contribution in [0.25, 0.3) is 0 Å². The average Bonchev–Trinajstić information content (AvgIpc) is 4.31. The number of carbonyl (C=O) groups is 8. The number of methoxy groups -OCH3 is 4. The number of Topliss-reactive ketones (excluding diaryl/α,β-unsaturated/α-hetero) is 3. The van der Waals surface area contributed by atoms with Crippen molar-refractivity contribution in [2.75, 3.05) is 35.0 Å². The van der Waals surface area contributed by atoms with Gasteiger partial charge in [0, 0.05) is 69.1 Å². The topological polar surface area (TPSA) is 223 Å². The molecular formula is C66H114O15. The normalized spacial score (nSPS) is 26.5. The van der Waals surface area contributed by atoms with E-state index in [1.54, 1.807) is 0 Å². The summed E-state index contributed by atoms with van der Waals surface area (Å²) in [6, 6.07) is 0. The summed E-state index contributed by atoms with van der Waals surface area (Å²) >= 11 is 0. The number of ketones is 3. The van der Waals surface area contributed by atoms with Gasteiger partial charge in [0.05, 0.1) is 47.3 Å². The summed E-state index contributed by atoms with van der Waals surface area (Å²) in [7, 11) is 5.64. The average molecular weight is 1150 g/mol. The fraction of sp³-hybridized carbons (Fsp3) is 0.848. The van der Waals surface area contributed by atoms with Gasteiger partial charge in [0.25, 0.3) is 0 Å². The van der Waals surface area contributed by atoms with E-state index in [2.05, 4.69) is 61.0 Å². The van der Waals surface area contributed by atoms with Gasteiger partial charge in [-0.15, -0.1) is 0 Å². The molecule has 5 fully saturated rings. The van der Waals surface area contributed by atoms with Gasteiger partial charge in [-0.2, -0.15) is 0 Å². The lowest BCUT2D eigenvalue weighted by Gasteiger charge is -2.21. The maximum atomic E-state index is 11.7. The van der Waals surface area contributed by atoms with E-state index in [0.29, 0.717) is 99.0 Å². The molecule has 5 saturated carbocycles. The van der Waals surface area contributed by atoms with Crippen LogP contribution >= 0.6 is 0 Å². The van der Waals surface area contributed by atoms with Crippen molar-refractivity contribution >= 4 is 47.2 Å². The first-order valence-electron chi connectivity index (χ1n) is 32.0. The Kier molecular flexibility index (Phi) is 42.1. The molecule has 5 aliphatic carbocycles. The Balaban J connectivity index is 0.000000506. The van der Waals surface area contributed by atoms with Crippen LogP contribution in [-0.4, -0.2) is 105 Å². The minimum absolute atomic E-state index is 0.0295. The van der Waals surface area contributed by atoms with Crippen LogP contribution < -0.4 is 0 Å². The van der Waals surface area contributed by atoms with Crippen molar-refractivity contribution in [3.05, 3.63) is 12.2 Å². The maximum Gasteiger partial charge on any atom is 0.306 e. The Morgan fingerprint density at radius 3 is 1.06 bits per heavy atom. The van der Waals surface area contributed by atoms with Crippen LogP contribution in [0.1, 0.15) is 253 Å². The third kappa shape index (κ3) is 30.4. The van der Waals surface area contributed by atoms with Gasteiger partial charge in [0.15, 0.2) is 0 Å². The Hall–Kier alpha value is -3.98. The summed E-state index contributed by atoms with van der Waals surface area (Å²) in [5, 5.41) is 19.8. The molecule has 0 bridgehead atoms. The van der Waals surface area contributed by atoms with Gasteiger partial charge in [-0.25, -0.2) is 0 Å². The van der Waals surface area contributed by atoms with Crippen LogP contribution in [0.3, 0.4) is 0 Å². The molecule has 2 N–H and O–H groups in total. The number of esters is 5. The van der Waals surface area contributed by atoms with Crippen molar-refractivity contribution in [1.82, 2.24) is 0 Å². The summed E-state index contributed by atoms with van der Waals surface area (Å²) in [5.74, 6) is 2.39. The predicted molar refractivity (Wildman–Crippen MR) is 317 cm³/mol. The van der Waals surface area contributed by atoms with E-state index in [1.807, 2.05) is 6.92 Å². The third-order valence-electron chi connectivity index (χ3n) is 17.8. The van der Waals surface area contributed by atoms with Crippen LogP contribution in [0.5, 0.6) is 0 Å². The van der Waals surface area contributed by atoms with E-state index in [0.717, 1.165) is 109 Å². The van der Waals surface area contributed by atoms with Gasteiger partial charge in [-0.3, -0.25) is 38.4 Å². The Bertz CT molecular complexity index is 1760. The number of allylic oxidation sites excluding steroid dienone is 2. The second-order valence-corrected chi connectivity index (χ2v) is 23.5. The zero-order chi connectivity index (χ0) is 60.5. The van der Waals surface area contributed by atoms with Crippen LogP contribution in [0.15, 0.2) is 12.2 Å². The summed E-state index contributed by atoms with van der Waals surface area (Å²) in [6.45, 7) is 13.0. The first-order chi connectivity index (χ1) is 38.9. The minimum atomic E-state index is -0.204. The number of carbonyl (C=O) groups excluding carboxylic acids is 8. The molecule has 0 aromatic heterocycles. The van der Waals surface area contributed by atoms with Gasteiger partial charge in [-0.05, 0) is 132 Å². The summed E-state index contributed by atoms with van der Waals surface area (Å²) in [5.41, 5.74) is 0. The predicted octanol–water partition coefficient (Wildman–Crippen LogP) is 13.4. The van der Waals surface area contributed by atoms with Crippen LogP contribution in [0.4, 0.5) is 0 Å². The summed E-state index contributed by atoms with van der Waals surface area (Å²) in [4.78, 5) is 91.4. The molecule has 15 nitrogen and oxygen atoms in total. The van der Waals surface area contributed by atoms with Crippen LogP contribution in [0, 0.1) is 59.2 Å². The van der Waals surface area contributed by atoms with Gasteiger partial charge in [0.1, 0.15) is 17.3 Å². The molecule has 12 unspecified atom stereocenters. The number of rotatable bonds is 30. The number of hydrogen-bond acceptors (Lipinski definition) is 15. The second-order valence-electron chi connectivity index (χ2n) is 23.5. The molecule has 0 aromatic rings. The smallest absolute Gasteiger partial charge is 0.306 e. The van der Waals surface area contributed by atoms with Crippen LogP contribution in [0.2, 0.25) is 0 Å². The Morgan fingerprint density at radius 2 is 0.728 bits per heavy atom. The second kappa shape index (κ2) is 45.5. The molecule has 0 saturated heterocycles. The zero-order valence-electron chi connectivity index (χ0n) is 52.3. The largest absolute Gasteiger partial charge is 0.469 e. The highest BCUT2D eigenvalue weighted by molar-refractivity contribution is 5.85. The molecular weight excluding hydrogens is 1030 g/mol. The number of ether oxygens (including phenoxy) is 5. The quantitative estimate of drug-likeness (QED) is 0.0295. The Labute approximate surface area is 489 Å². The highest BCUT2D eigenvalue weighted by Gasteiger charge is 2.39. The SMILES string of the molecule is CC/C=C\CC1C(=O)CCC1CC(=O)OC.CCCCCC1C(=O)CCC1CC(=O)OC.CCCCCC1C(=O)CCC1CC(=O)OC.CCCCCC1C(O)CCC1CC(=O)OC.CCCCCC1C(O)CCC1CC(=O)OCC. The van der Waals surface area contributed by atoms with Crippen molar-refractivity contribution in [2.45, 2.75) is 266 Å². The molecule has 468 valence electrons. The third-order valence-corrected chi connectivity index (χ3v) is 17.8. The standard InChI is InChI=1S/C14H26O3.C13H24O3.2C13H22O3.C13H20O3/c1-3-5-6-7-12-11(8-9-13(12)15)10-14(16)17-4-2;4*1-3-4-5-6-11-10(7-8-12(11)14)9-13(15)16-2/h11-13,15H,3-10H2,1-2H3;10-12,14H,3-9H2,1-2H3;2*10-11H,3-9H2,1-2H3;4-5,10-11H,3,6-9H2,1-2H3/b;;;;5-4-. The minimum Gasteiger partial charge on any atom is -0.469 e. The molecule has 0 aromatic carbocycles. The van der Waals surface area contributed by atoms with Crippen molar-refractivity contribution in [2.24, 2.45) is 59.2 Å². The molecule has 0 radical (unpaired) electrons. The van der Waals surface area contributed by atoms with E-state index in [1.165, 1.54) is 79.8 Å². The fourth-order valence-electron chi connectivity index (χ4n) is 12.9. The van der Waals surface area contributed by atoms with E-state index in [-0.39, 0.29) is 77.6 Å². The lowest BCUT2D eigenvalue weighted by molar-refractivity contribution is -0.145. The number of aliphatic hydroxyl groups excluding tert-OH is 2. The van der Waals surface area contributed by atoms with Gasteiger partial charge in [0.2, 0.25) is 0 Å². The van der Waals surface area contributed by atoms with E-state index in [4.69, 9.17) is 9.47 Å². The van der Waals surface area contributed by atoms with Crippen molar-refractivity contribution in [3.8, 4) is 0 Å². The van der Waals surface area contributed by atoms with Gasteiger partial charge in [-0.1, -0.05) is 124 Å². The highest BCUT2D eigenvalue weighted by Crippen LogP contribution is 2.40. The molecule has 5 rings (SSSR count). The zero-order valence-corrected chi connectivity index (χ0v) is 52.3. The highest BCUT2D eigenvalue weighted by atomic mass is 16.5. The van der Waals surface area contributed by atoms with Crippen molar-refractivity contribution < 1.29 is 72.3 Å². The molecule has 15 heteroatoms. The van der Waals surface area contributed by atoms with Gasteiger partial charge < -0.3 is 33.9 Å². The number of hydrogen-bond donors (Lipinski definition) is 2. The van der Waals surface area contributed by atoms with Gasteiger partial charge >= 0.3 is 29.8 Å². The monoisotopic (exact) mass is 1150 g/mol. The maximum absolute atomic E-state index is 11.7. The van der Waals surface area contributed by atoms with Crippen LogP contribution in [-0.2, 0) is 62.0 Å².